The molecule has 0 spiro atoms. The van der Waals surface area contributed by atoms with Gasteiger partial charge in [0.1, 0.15) is 6.61 Å². The van der Waals surface area contributed by atoms with Crippen molar-refractivity contribution in [1.29, 1.82) is 0 Å². The quantitative estimate of drug-likeness (QED) is 0.656. The average molecular weight is 352 g/mol. The Morgan fingerprint density at radius 1 is 1.24 bits per heavy atom. The molecule has 0 saturated carbocycles. The van der Waals surface area contributed by atoms with E-state index in [0.717, 1.165) is 5.56 Å². The van der Waals surface area contributed by atoms with Gasteiger partial charge in [-0.05, 0) is 29.8 Å². The van der Waals surface area contributed by atoms with Crippen LogP contribution in [0.1, 0.15) is 15.9 Å². The van der Waals surface area contributed by atoms with Gasteiger partial charge in [-0.25, -0.2) is 4.79 Å². The Hall–Kier alpha value is -2.41. The number of nitro groups is 1. The van der Waals surface area contributed by atoms with Gasteiger partial charge in [-0.2, -0.15) is 0 Å². The molecule has 0 atom stereocenters. The van der Waals surface area contributed by atoms with Crippen molar-refractivity contribution in [3.05, 3.63) is 68.2 Å². The molecule has 0 saturated heterocycles. The van der Waals surface area contributed by atoms with E-state index in [9.17, 15) is 14.9 Å². The molecule has 2 aromatic rings. The minimum Gasteiger partial charge on any atom is -0.482 e. The molecule has 21 heavy (non-hydrogen) atoms. The third-order valence-corrected chi connectivity index (χ3v) is 3.21. The molecule has 0 bridgehead atoms. The summed E-state index contributed by atoms with van der Waals surface area (Å²) in [6.45, 7) is 0.113. The second kappa shape index (κ2) is 6.36. The first-order chi connectivity index (χ1) is 9.97. The number of ether oxygens (including phenoxy) is 1. The average Bonchev–Trinajstić information content (AvgIpc) is 2.46. The molecule has 0 radical (unpaired) electrons. The molecule has 0 heterocycles. The number of aromatic carboxylic acids is 1. The highest BCUT2D eigenvalue weighted by Gasteiger charge is 2.15. The van der Waals surface area contributed by atoms with Crippen molar-refractivity contribution in [2.24, 2.45) is 0 Å². The molecule has 2 aromatic carbocycles. The van der Waals surface area contributed by atoms with Crippen LogP contribution in [-0.4, -0.2) is 16.0 Å². The van der Waals surface area contributed by atoms with Crippen LogP contribution in [0.3, 0.4) is 0 Å². The molecular weight excluding hydrogens is 342 g/mol. The molecule has 0 aliphatic rings. The van der Waals surface area contributed by atoms with Crippen LogP contribution in [0.5, 0.6) is 5.75 Å². The lowest BCUT2D eigenvalue weighted by Gasteiger charge is -2.07. The number of carboxylic acids is 1. The minimum atomic E-state index is -1.01. The van der Waals surface area contributed by atoms with Crippen molar-refractivity contribution in [1.82, 2.24) is 0 Å². The smallest absolute Gasteiger partial charge is 0.335 e. The van der Waals surface area contributed by atoms with Crippen LogP contribution >= 0.6 is 15.9 Å². The zero-order valence-corrected chi connectivity index (χ0v) is 12.2. The van der Waals surface area contributed by atoms with Gasteiger partial charge in [-0.15, -0.1) is 0 Å². The Kier molecular flexibility index (Phi) is 4.54. The van der Waals surface area contributed by atoms with Gasteiger partial charge in [0, 0.05) is 10.5 Å². The van der Waals surface area contributed by atoms with Gasteiger partial charge in [0.2, 0.25) is 0 Å². The highest BCUT2D eigenvalue weighted by atomic mass is 79.9. The fourth-order valence-electron chi connectivity index (χ4n) is 1.66. The lowest BCUT2D eigenvalue weighted by molar-refractivity contribution is -0.386. The van der Waals surface area contributed by atoms with Gasteiger partial charge in [0.25, 0.3) is 0 Å². The largest absolute Gasteiger partial charge is 0.482 e. The second-order valence-electron chi connectivity index (χ2n) is 4.16. The van der Waals surface area contributed by atoms with Crippen LogP contribution in [0.4, 0.5) is 5.69 Å². The molecule has 0 unspecified atom stereocenters. The third-order valence-electron chi connectivity index (χ3n) is 2.71. The molecule has 108 valence electrons. The Bertz CT molecular complexity index is 684. The van der Waals surface area contributed by atoms with E-state index in [-0.39, 0.29) is 23.6 Å². The zero-order chi connectivity index (χ0) is 15.4. The van der Waals surface area contributed by atoms with E-state index < -0.39 is 10.9 Å². The first-order valence-corrected chi connectivity index (χ1v) is 6.65. The van der Waals surface area contributed by atoms with Crippen molar-refractivity contribution in [3.63, 3.8) is 0 Å². The summed E-state index contributed by atoms with van der Waals surface area (Å²) in [5.41, 5.74) is 0.761. The highest BCUT2D eigenvalue weighted by molar-refractivity contribution is 9.10. The maximum absolute atomic E-state index is 10.9. The van der Waals surface area contributed by atoms with E-state index in [2.05, 4.69) is 15.9 Å². The Balaban J connectivity index is 2.13. The van der Waals surface area contributed by atoms with Gasteiger partial charge < -0.3 is 9.84 Å². The molecule has 0 aromatic heterocycles. The van der Waals surface area contributed by atoms with Crippen LogP contribution in [0, 0.1) is 10.1 Å². The molecule has 7 heteroatoms. The number of rotatable bonds is 5. The number of carboxylic acid groups (broad SMARTS) is 1. The topological polar surface area (TPSA) is 89.7 Å². The van der Waals surface area contributed by atoms with E-state index in [0.29, 0.717) is 4.47 Å². The van der Waals surface area contributed by atoms with Crippen LogP contribution in [0.15, 0.2) is 46.9 Å². The SMILES string of the molecule is O=C(O)c1ccc(COc2ccc(Br)cc2[N+](=O)[O-])cc1. The van der Waals surface area contributed by atoms with E-state index in [1.807, 2.05) is 0 Å². The number of benzene rings is 2. The summed E-state index contributed by atoms with van der Waals surface area (Å²) in [5, 5.41) is 19.7. The van der Waals surface area contributed by atoms with Crippen LogP contribution < -0.4 is 4.74 Å². The normalized spacial score (nSPS) is 10.1. The second-order valence-corrected chi connectivity index (χ2v) is 5.08. The lowest BCUT2D eigenvalue weighted by Crippen LogP contribution is -2.00. The first kappa shape index (κ1) is 15.0. The number of hydrogen-bond donors (Lipinski definition) is 1. The highest BCUT2D eigenvalue weighted by Crippen LogP contribution is 2.30. The van der Waals surface area contributed by atoms with E-state index >= 15 is 0 Å². The van der Waals surface area contributed by atoms with Crippen molar-refractivity contribution in [2.45, 2.75) is 6.61 Å². The maximum atomic E-state index is 10.9. The lowest BCUT2D eigenvalue weighted by atomic mass is 10.1. The van der Waals surface area contributed by atoms with Crippen molar-refractivity contribution >= 4 is 27.6 Å². The fourth-order valence-corrected chi connectivity index (χ4v) is 2.01. The predicted octanol–water partition coefficient (Wildman–Crippen LogP) is 3.63. The number of nitro benzene ring substituents is 1. The predicted molar refractivity (Wildman–Crippen MR) is 78.5 cm³/mol. The number of hydrogen-bond acceptors (Lipinski definition) is 4. The van der Waals surface area contributed by atoms with E-state index in [1.54, 1.807) is 18.2 Å². The molecule has 2 rings (SSSR count). The third kappa shape index (κ3) is 3.79. The van der Waals surface area contributed by atoms with Gasteiger partial charge in [-0.3, -0.25) is 10.1 Å². The van der Waals surface area contributed by atoms with Gasteiger partial charge >= 0.3 is 11.7 Å². The standard InChI is InChI=1S/C14H10BrNO5/c15-11-5-6-13(12(7-11)16(19)20)21-8-9-1-3-10(4-2-9)14(17)18/h1-7H,8H2,(H,17,18). The molecule has 6 nitrogen and oxygen atoms in total. The van der Waals surface area contributed by atoms with Gasteiger partial charge in [-0.1, -0.05) is 28.1 Å². The van der Waals surface area contributed by atoms with Crippen molar-refractivity contribution in [3.8, 4) is 5.75 Å². The zero-order valence-electron chi connectivity index (χ0n) is 10.7. The summed E-state index contributed by atoms with van der Waals surface area (Å²) < 4.78 is 6.02. The fraction of sp³-hybridized carbons (Fsp3) is 0.0714. The van der Waals surface area contributed by atoms with Crippen LogP contribution in [-0.2, 0) is 6.61 Å². The number of nitrogens with zero attached hydrogens (tertiary/aromatic N) is 1. The molecule has 0 aliphatic carbocycles. The molecule has 0 aliphatic heterocycles. The van der Waals surface area contributed by atoms with Gasteiger partial charge in [0.05, 0.1) is 10.5 Å². The summed E-state index contributed by atoms with van der Waals surface area (Å²) in [7, 11) is 0. The number of halogens is 1. The molecule has 0 amide bonds. The van der Waals surface area contributed by atoms with Crippen LogP contribution in [0.25, 0.3) is 0 Å². The Labute approximate surface area is 128 Å². The van der Waals surface area contributed by atoms with Crippen molar-refractivity contribution < 1.29 is 19.6 Å². The minimum absolute atomic E-state index is 0.113. The monoisotopic (exact) mass is 351 g/mol. The Morgan fingerprint density at radius 3 is 2.48 bits per heavy atom. The summed E-state index contributed by atoms with van der Waals surface area (Å²) in [6.07, 6.45) is 0. The first-order valence-electron chi connectivity index (χ1n) is 5.86. The molecular formula is C14H10BrNO5. The molecule has 0 fully saturated rings. The summed E-state index contributed by atoms with van der Waals surface area (Å²) >= 11 is 3.17. The summed E-state index contributed by atoms with van der Waals surface area (Å²) in [4.78, 5) is 21.2. The number of carbonyl (C=O) groups is 1. The molecule has 1 N–H and O–H groups in total. The summed E-state index contributed by atoms with van der Waals surface area (Å²) in [6, 6.07) is 10.6. The maximum Gasteiger partial charge on any atom is 0.335 e. The van der Waals surface area contributed by atoms with Gasteiger partial charge in [0.15, 0.2) is 5.75 Å². The van der Waals surface area contributed by atoms with Crippen molar-refractivity contribution in [2.75, 3.05) is 0 Å². The van der Waals surface area contributed by atoms with Crippen LogP contribution in [0.2, 0.25) is 0 Å². The van der Waals surface area contributed by atoms with E-state index in [1.165, 1.54) is 24.3 Å². The van der Waals surface area contributed by atoms with E-state index in [4.69, 9.17) is 9.84 Å². The Morgan fingerprint density at radius 2 is 1.90 bits per heavy atom. The summed E-state index contributed by atoms with van der Waals surface area (Å²) in [5.74, 6) is -0.850.